The first-order valence-electron chi connectivity index (χ1n) is 6.36. The summed E-state index contributed by atoms with van der Waals surface area (Å²) in [7, 11) is 1.56. The Morgan fingerprint density at radius 1 is 1.50 bits per heavy atom. The average molecular weight is 278 g/mol. The first-order chi connectivity index (χ1) is 9.54. The van der Waals surface area contributed by atoms with E-state index in [0.717, 1.165) is 0 Å². The molecule has 1 aliphatic heterocycles. The van der Waals surface area contributed by atoms with Crippen LogP contribution in [-0.2, 0) is 14.3 Å². The van der Waals surface area contributed by atoms with Crippen molar-refractivity contribution < 1.29 is 14.3 Å². The smallest absolute Gasteiger partial charge is 0.229 e. The highest BCUT2D eigenvalue weighted by Gasteiger charge is 2.38. The maximum Gasteiger partial charge on any atom is 0.229 e. The Balaban J connectivity index is 2.70. The first kappa shape index (κ1) is 15.9. The maximum absolute atomic E-state index is 12.2. The van der Waals surface area contributed by atoms with Gasteiger partial charge in [-0.25, -0.2) is 0 Å². The van der Waals surface area contributed by atoms with Crippen LogP contribution in [0.15, 0.2) is 0 Å². The lowest BCUT2D eigenvalue weighted by atomic mass is 10.1. The molecule has 7 heteroatoms. The fourth-order valence-corrected chi connectivity index (χ4v) is 2.29. The number of likely N-dealkylation sites (tertiary alicyclic amines) is 1. The number of carbonyl (C=O) groups excluding carboxylic acids is 2. The van der Waals surface area contributed by atoms with Gasteiger partial charge in [0.15, 0.2) is 0 Å². The molecule has 20 heavy (non-hydrogen) atoms. The van der Waals surface area contributed by atoms with Crippen LogP contribution in [0.3, 0.4) is 0 Å². The number of amides is 2. The summed E-state index contributed by atoms with van der Waals surface area (Å²) in [4.78, 5) is 26.9. The molecule has 1 fully saturated rings. The van der Waals surface area contributed by atoms with E-state index >= 15 is 0 Å². The molecule has 0 radical (unpaired) electrons. The van der Waals surface area contributed by atoms with Gasteiger partial charge in [-0.05, 0) is 6.92 Å². The van der Waals surface area contributed by atoms with E-state index in [-0.39, 0.29) is 37.4 Å². The van der Waals surface area contributed by atoms with Crippen LogP contribution in [0, 0.1) is 28.6 Å². The van der Waals surface area contributed by atoms with E-state index in [1.54, 1.807) is 12.0 Å². The normalized spacial score (nSPS) is 19.3. The first-order valence-corrected chi connectivity index (χ1v) is 6.36. The molecule has 0 aromatic rings. The number of methoxy groups -OCH3 is 1. The summed E-state index contributed by atoms with van der Waals surface area (Å²) >= 11 is 0. The SMILES string of the molecule is COC[C@H](C)N1C[C@@H](C(=O)N(CC#N)CC#N)CC1=O. The number of carbonyl (C=O) groups is 2. The van der Waals surface area contributed by atoms with Crippen molar-refractivity contribution >= 4 is 11.8 Å². The molecule has 1 rings (SSSR count). The van der Waals surface area contributed by atoms with Crippen molar-refractivity contribution in [3.05, 3.63) is 0 Å². The van der Waals surface area contributed by atoms with Crippen LogP contribution < -0.4 is 0 Å². The van der Waals surface area contributed by atoms with Crippen LogP contribution in [0.1, 0.15) is 13.3 Å². The van der Waals surface area contributed by atoms with Gasteiger partial charge in [0.25, 0.3) is 0 Å². The zero-order chi connectivity index (χ0) is 15.1. The minimum Gasteiger partial charge on any atom is -0.383 e. The van der Waals surface area contributed by atoms with Gasteiger partial charge in [-0.15, -0.1) is 0 Å². The second kappa shape index (κ2) is 7.46. The van der Waals surface area contributed by atoms with Crippen molar-refractivity contribution in [1.29, 1.82) is 10.5 Å². The Morgan fingerprint density at radius 2 is 2.10 bits per heavy atom. The summed E-state index contributed by atoms with van der Waals surface area (Å²) in [5.74, 6) is -0.890. The van der Waals surface area contributed by atoms with E-state index in [2.05, 4.69) is 0 Å². The Kier molecular flexibility index (Phi) is 5.95. The Hall–Kier alpha value is -2.12. The number of ether oxygens (including phenoxy) is 1. The molecule has 0 aliphatic carbocycles. The van der Waals surface area contributed by atoms with Crippen molar-refractivity contribution in [2.24, 2.45) is 5.92 Å². The quantitative estimate of drug-likeness (QED) is 0.624. The lowest BCUT2D eigenvalue weighted by molar-refractivity contribution is -0.134. The van der Waals surface area contributed by atoms with Gasteiger partial charge >= 0.3 is 0 Å². The summed E-state index contributed by atoms with van der Waals surface area (Å²) in [6, 6.07) is 3.62. The monoisotopic (exact) mass is 278 g/mol. The third-order valence-electron chi connectivity index (χ3n) is 3.28. The maximum atomic E-state index is 12.2. The summed E-state index contributed by atoms with van der Waals surface area (Å²) < 4.78 is 5.01. The molecular formula is C13H18N4O3. The second-order valence-electron chi connectivity index (χ2n) is 4.76. The third-order valence-corrected chi connectivity index (χ3v) is 3.28. The van der Waals surface area contributed by atoms with Crippen LogP contribution in [-0.4, -0.2) is 61.0 Å². The summed E-state index contributed by atoms with van der Waals surface area (Å²) in [6.45, 7) is 2.31. The van der Waals surface area contributed by atoms with Gasteiger partial charge in [0, 0.05) is 20.1 Å². The molecule has 0 aromatic heterocycles. The van der Waals surface area contributed by atoms with Crippen LogP contribution in [0.5, 0.6) is 0 Å². The number of hydrogen-bond acceptors (Lipinski definition) is 5. The third kappa shape index (κ3) is 3.69. The predicted octanol–water partition coefficient (Wildman–Crippen LogP) is -0.254. The van der Waals surface area contributed by atoms with Crippen molar-refractivity contribution in [2.45, 2.75) is 19.4 Å². The molecule has 1 aliphatic rings. The van der Waals surface area contributed by atoms with Crippen LogP contribution in [0.25, 0.3) is 0 Å². The lowest BCUT2D eigenvalue weighted by Crippen LogP contribution is -2.40. The highest BCUT2D eigenvalue weighted by Crippen LogP contribution is 2.22. The Labute approximate surface area is 118 Å². The van der Waals surface area contributed by atoms with Crippen molar-refractivity contribution in [2.75, 3.05) is 33.4 Å². The molecule has 0 unspecified atom stereocenters. The van der Waals surface area contributed by atoms with E-state index in [0.29, 0.717) is 13.2 Å². The van der Waals surface area contributed by atoms with Gasteiger partial charge in [-0.2, -0.15) is 10.5 Å². The second-order valence-corrected chi connectivity index (χ2v) is 4.76. The topological polar surface area (TPSA) is 97.4 Å². The zero-order valence-electron chi connectivity index (χ0n) is 11.7. The van der Waals surface area contributed by atoms with Gasteiger partial charge in [0.05, 0.1) is 30.7 Å². The van der Waals surface area contributed by atoms with Gasteiger partial charge < -0.3 is 14.5 Å². The summed E-state index contributed by atoms with van der Waals surface area (Å²) in [5, 5.41) is 17.3. The van der Waals surface area contributed by atoms with Gasteiger partial charge in [-0.1, -0.05) is 0 Å². The van der Waals surface area contributed by atoms with Crippen LogP contribution in [0.2, 0.25) is 0 Å². The number of nitriles is 2. The minimum atomic E-state index is -0.483. The molecule has 0 N–H and O–H groups in total. The van der Waals surface area contributed by atoms with Gasteiger partial charge in [0.1, 0.15) is 13.1 Å². The number of hydrogen-bond donors (Lipinski definition) is 0. The lowest BCUT2D eigenvalue weighted by Gasteiger charge is -2.25. The van der Waals surface area contributed by atoms with E-state index in [1.807, 2.05) is 19.1 Å². The Bertz CT molecular complexity index is 436. The van der Waals surface area contributed by atoms with Gasteiger partial charge in [-0.3, -0.25) is 9.59 Å². The highest BCUT2D eigenvalue weighted by molar-refractivity contribution is 5.89. The molecule has 7 nitrogen and oxygen atoms in total. The van der Waals surface area contributed by atoms with E-state index in [9.17, 15) is 9.59 Å². The van der Waals surface area contributed by atoms with E-state index < -0.39 is 5.92 Å². The largest absolute Gasteiger partial charge is 0.383 e. The molecular weight excluding hydrogens is 260 g/mol. The predicted molar refractivity (Wildman–Crippen MR) is 69.0 cm³/mol. The number of rotatable bonds is 6. The van der Waals surface area contributed by atoms with Crippen molar-refractivity contribution in [3.63, 3.8) is 0 Å². The molecule has 0 aromatic carbocycles. The summed E-state index contributed by atoms with van der Waals surface area (Å²) in [5.41, 5.74) is 0. The number of nitrogens with zero attached hydrogens (tertiary/aromatic N) is 4. The molecule has 1 saturated heterocycles. The molecule has 0 bridgehead atoms. The molecule has 108 valence electrons. The van der Waals surface area contributed by atoms with Crippen molar-refractivity contribution in [3.8, 4) is 12.1 Å². The van der Waals surface area contributed by atoms with Crippen LogP contribution in [0.4, 0.5) is 0 Å². The molecule has 0 spiro atoms. The molecule has 2 atom stereocenters. The molecule has 1 heterocycles. The fraction of sp³-hybridized carbons (Fsp3) is 0.692. The zero-order valence-corrected chi connectivity index (χ0v) is 11.7. The average Bonchev–Trinajstić information content (AvgIpc) is 2.80. The summed E-state index contributed by atoms with van der Waals surface area (Å²) in [6.07, 6.45) is 0.125. The molecule has 0 saturated carbocycles. The molecule has 2 amide bonds. The fourth-order valence-electron chi connectivity index (χ4n) is 2.29. The van der Waals surface area contributed by atoms with Crippen molar-refractivity contribution in [1.82, 2.24) is 9.80 Å². The highest BCUT2D eigenvalue weighted by atomic mass is 16.5. The Morgan fingerprint density at radius 3 is 2.60 bits per heavy atom. The standard InChI is InChI=1S/C13H18N4O3/c1-10(9-20-2)17-8-11(7-12(17)18)13(19)16(5-3-14)6-4-15/h10-11H,5-9H2,1-2H3/t10-,11-/m0/s1. The van der Waals surface area contributed by atoms with E-state index in [1.165, 1.54) is 4.90 Å². The van der Waals surface area contributed by atoms with E-state index in [4.69, 9.17) is 15.3 Å². The van der Waals surface area contributed by atoms with Crippen LogP contribution >= 0.6 is 0 Å². The van der Waals surface area contributed by atoms with Gasteiger partial charge in [0.2, 0.25) is 11.8 Å². The minimum absolute atomic E-state index is 0.0920.